The van der Waals surface area contributed by atoms with Gasteiger partial charge in [0, 0.05) is 13.0 Å². The van der Waals surface area contributed by atoms with Crippen LogP contribution in [0.5, 0.6) is 0 Å². The lowest BCUT2D eigenvalue weighted by atomic mass is 9.90. The Morgan fingerprint density at radius 3 is 2.79 bits per heavy atom. The van der Waals surface area contributed by atoms with Gasteiger partial charge < -0.3 is 15.5 Å². The summed E-state index contributed by atoms with van der Waals surface area (Å²) in [5.74, 6) is 0.645. The van der Waals surface area contributed by atoms with Crippen molar-refractivity contribution in [1.29, 1.82) is 0 Å². The Labute approximate surface area is 175 Å². The summed E-state index contributed by atoms with van der Waals surface area (Å²) in [7, 11) is 0. The van der Waals surface area contributed by atoms with Crippen LogP contribution in [0.4, 0.5) is 0 Å². The summed E-state index contributed by atoms with van der Waals surface area (Å²) in [6.45, 7) is 2.61. The zero-order valence-corrected chi connectivity index (χ0v) is 17.7. The van der Waals surface area contributed by atoms with Gasteiger partial charge in [-0.1, -0.05) is 54.6 Å². The molecule has 29 heavy (non-hydrogen) atoms. The van der Waals surface area contributed by atoms with Gasteiger partial charge in [-0.15, -0.1) is 0 Å². The van der Waals surface area contributed by atoms with Gasteiger partial charge in [-0.25, -0.2) is 0 Å². The number of allylic oxidation sites excluding steroid dienone is 3. The predicted octanol–water partition coefficient (Wildman–Crippen LogP) is 4.18. The largest absolute Gasteiger partial charge is 0.393 e. The molecule has 0 aliphatic heterocycles. The van der Waals surface area contributed by atoms with E-state index in [0.717, 1.165) is 38.5 Å². The Kier molecular flexibility index (Phi) is 10.7. The minimum atomic E-state index is -0.446. The fourth-order valence-corrected chi connectivity index (χ4v) is 4.01. The first-order valence-electron chi connectivity index (χ1n) is 11.1. The highest BCUT2D eigenvalue weighted by Crippen LogP contribution is 2.36. The molecule has 1 aliphatic rings. The maximum Gasteiger partial charge on any atom is 0.219 e. The van der Waals surface area contributed by atoms with E-state index in [9.17, 15) is 15.0 Å². The number of nitrogens with one attached hydrogen (secondary N) is 1. The van der Waals surface area contributed by atoms with Crippen LogP contribution in [0.1, 0.15) is 57.4 Å². The second-order valence-electron chi connectivity index (χ2n) is 8.00. The maximum atomic E-state index is 11.4. The fraction of sp³-hybridized carbons (Fsp3) is 0.560. The zero-order chi connectivity index (χ0) is 20.9. The number of aliphatic hydroxyl groups is 2. The summed E-state index contributed by atoms with van der Waals surface area (Å²) in [6, 6.07) is 10.2. The van der Waals surface area contributed by atoms with Crippen LogP contribution >= 0.6 is 0 Å². The number of aliphatic hydroxyl groups excluding tert-OH is 2. The van der Waals surface area contributed by atoms with Crippen LogP contribution in [-0.4, -0.2) is 34.9 Å². The number of unbranched alkanes of at least 4 members (excludes halogenated alkanes) is 1. The molecule has 0 bridgehead atoms. The minimum Gasteiger partial charge on any atom is -0.393 e. The van der Waals surface area contributed by atoms with Gasteiger partial charge in [0.2, 0.25) is 5.91 Å². The van der Waals surface area contributed by atoms with Crippen molar-refractivity contribution in [2.45, 2.75) is 70.5 Å². The smallest absolute Gasteiger partial charge is 0.219 e. The van der Waals surface area contributed by atoms with E-state index in [2.05, 4.69) is 35.7 Å². The highest BCUT2D eigenvalue weighted by atomic mass is 16.3. The molecule has 1 saturated carbocycles. The van der Waals surface area contributed by atoms with Gasteiger partial charge in [-0.05, 0) is 69.3 Å². The molecule has 0 heterocycles. The van der Waals surface area contributed by atoms with Crippen molar-refractivity contribution < 1.29 is 15.0 Å². The first-order valence-corrected chi connectivity index (χ1v) is 11.1. The lowest BCUT2D eigenvalue weighted by Gasteiger charge is -2.18. The second-order valence-corrected chi connectivity index (χ2v) is 8.00. The van der Waals surface area contributed by atoms with Crippen LogP contribution in [0, 0.1) is 11.8 Å². The number of carbonyl (C=O) groups is 1. The third kappa shape index (κ3) is 8.97. The van der Waals surface area contributed by atoms with Gasteiger partial charge in [0.05, 0.1) is 12.2 Å². The molecule has 1 aromatic carbocycles. The molecule has 0 unspecified atom stereocenters. The highest BCUT2D eigenvalue weighted by molar-refractivity contribution is 5.75. The van der Waals surface area contributed by atoms with Crippen molar-refractivity contribution in [2.75, 3.05) is 6.54 Å². The lowest BCUT2D eigenvalue weighted by molar-refractivity contribution is -0.121. The van der Waals surface area contributed by atoms with E-state index in [1.54, 1.807) is 0 Å². The van der Waals surface area contributed by atoms with E-state index in [1.165, 1.54) is 5.56 Å². The van der Waals surface area contributed by atoms with E-state index < -0.39 is 6.10 Å². The van der Waals surface area contributed by atoms with Crippen molar-refractivity contribution in [2.24, 2.45) is 11.8 Å². The molecule has 1 amide bonds. The average molecular weight is 400 g/mol. The summed E-state index contributed by atoms with van der Waals surface area (Å²) in [6.07, 6.45) is 14.1. The molecular weight excluding hydrogens is 362 g/mol. The lowest BCUT2D eigenvalue weighted by Crippen LogP contribution is -2.21. The molecule has 4 heteroatoms. The van der Waals surface area contributed by atoms with E-state index in [-0.39, 0.29) is 17.9 Å². The van der Waals surface area contributed by atoms with Crippen molar-refractivity contribution in [3.63, 3.8) is 0 Å². The summed E-state index contributed by atoms with van der Waals surface area (Å²) < 4.78 is 0. The quantitative estimate of drug-likeness (QED) is 0.365. The zero-order valence-electron chi connectivity index (χ0n) is 17.7. The molecule has 3 N–H and O–H groups in total. The van der Waals surface area contributed by atoms with Gasteiger partial charge in [0.1, 0.15) is 0 Å². The number of hydrogen-bond acceptors (Lipinski definition) is 3. The fourth-order valence-electron chi connectivity index (χ4n) is 4.01. The normalized spacial score (nSPS) is 23.1. The Balaban J connectivity index is 1.71. The van der Waals surface area contributed by atoms with Crippen molar-refractivity contribution in [3.8, 4) is 0 Å². The highest BCUT2D eigenvalue weighted by Gasteiger charge is 2.32. The van der Waals surface area contributed by atoms with E-state index in [4.69, 9.17) is 0 Å². The topological polar surface area (TPSA) is 69.6 Å². The molecule has 0 saturated heterocycles. The molecule has 160 valence electrons. The Hall–Kier alpha value is -1.91. The number of hydrogen-bond donors (Lipinski definition) is 3. The summed E-state index contributed by atoms with van der Waals surface area (Å²) in [5.41, 5.74) is 1.24. The van der Waals surface area contributed by atoms with Crippen LogP contribution in [0.2, 0.25) is 0 Å². The number of rotatable bonds is 12. The van der Waals surface area contributed by atoms with Gasteiger partial charge in [-0.2, -0.15) is 0 Å². The average Bonchev–Trinajstić information content (AvgIpc) is 3.08. The molecule has 1 aromatic rings. The molecule has 1 aliphatic carbocycles. The maximum absolute atomic E-state index is 11.4. The molecule has 2 rings (SSSR count). The first-order chi connectivity index (χ1) is 14.1. The van der Waals surface area contributed by atoms with Crippen molar-refractivity contribution in [1.82, 2.24) is 5.32 Å². The van der Waals surface area contributed by atoms with Gasteiger partial charge in [-0.3, -0.25) is 4.79 Å². The van der Waals surface area contributed by atoms with Gasteiger partial charge in [0.25, 0.3) is 0 Å². The van der Waals surface area contributed by atoms with Crippen molar-refractivity contribution in [3.05, 3.63) is 60.2 Å². The van der Waals surface area contributed by atoms with E-state index in [0.29, 0.717) is 25.3 Å². The predicted molar refractivity (Wildman–Crippen MR) is 118 cm³/mol. The van der Waals surface area contributed by atoms with Crippen molar-refractivity contribution >= 4 is 5.91 Å². The third-order valence-electron chi connectivity index (χ3n) is 5.72. The minimum absolute atomic E-state index is 0.114. The molecular formula is C25H37NO3. The van der Waals surface area contributed by atoms with E-state index >= 15 is 0 Å². The first kappa shape index (κ1) is 23.4. The Morgan fingerprint density at radius 1 is 1.24 bits per heavy atom. The summed E-state index contributed by atoms with van der Waals surface area (Å²) >= 11 is 0. The Morgan fingerprint density at radius 2 is 2.03 bits per heavy atom. The molecule has 0 radical (unpaired) electrons. The number of aryl methyl sites for hydroxylation is 1. The van der Waals surface area contributed by atoms with Gasteiger partial charge >= 0.3 is 0 Å². The van der Waals surface area contributed by atoms with Crippen LogP contribution in [0.3, 0.4) is 0 Å². The standard InChI is InChI=1S/C25H37NO3/c1-2-26-25(29)13-9-4-3-8-12-23-21(16-19-24(23)28)15-18-22(27)17-14-20-10-6-5-7-11-20/h3,5-8,10-11,15,18,21-24,27-28H,2,4,9,12-14,16-17,19H2,1H3,(H,26,29)/t21-,22-,23+,24-/m0/s1. The van der Waals surface area contributed by atoms with Crippen LogP contribution < -0.4 is 5.32 Å². The monoisotopic (exact) mass is 399 g/mol. The van der Waals surface area contributed by atoms with E-state index in [1.807, 2.05) is 31.2 Å². The summed E-state index contributed by atoms with van der Waals surface area (Å²) in [4.78, 5) is 11.4. The van der Waals surface area contributed by atoms with Crippen LogP contribution in [0.25, 0.3) is 0 Å². The Bertz CT molecular complexity index is 641. The number of benzene rings is 1. The van der Waals surface area contributed by atoms with Crippen LogP contribution in [0.15, 0.2) is 54.6 Å². The molecule has 4 nitrogen and oxygen atoms in total. The second kappa shape index (κ2) is 13.3. The van der Waals surface area contributed by atoms with Crippen LogP contribution in [-0.2, 0) is 11.2 Å². The summed E-state index contributed by atoms with van der Waals surface area (Å²) in [5, 5.41) is 23.4. The molecule has 0 spiro atoms. The molecule has 4 atom stereocenters. The molecule has 1 fully saturated rings. The SMILES string of the molecule is CCNC(=O)CCCC=CC[C@H]1[C@@H](O)CC[C@@H]1C=C[C@@H](O)CCc1ccccc1. The van der Waals surface area contributed by atoms with Gasteiger partial charge in [0.15, 0.2) is 0 Å². The molecule has 0 aromatic heterocycles. The third-order valence-corrected chi connectivity index (χ3v) is 5.72. The number of carbonyl (C=O) groups excluding carboxylic acids is 1. The number of amides is 1.